The summed E-state index contributed by atoms with van der Waals surface area (Å²) in [7, 11) is 0. The van der Waals surface area contributed by atoms with Crippen molar-refractivity contribution < 1.29 is 70.6 Å². The van der Waals surface area contributed by atoms with Crippen molar-refractivity contribution in [3.8, 4) is 5.75 Å². The third-order valence-electron chi connectivity index (χ3n) is 3.37. The summed E-state index contributed by atoms with van der Waals surface area (Å²) < 4.78 is 198. The molecule has 0 saturated heterocycles. The molecule has 0 heterocycles. The normalized spacial score (nSPS) is 15.3. The Morgan fingerprint density at radius 3 is 1.30 bits per heavy atom. The molecule has 0 amide bonds. The predicted octanol–water partition coefficient (Wildman–Crippen LogP) is 7.00. The summed E-state index contributed by atoms with van der Waals surface area (Å²) in [6, 6.07) is 3.16. The van der Waals surface area contributed by atoms with E-state index in [1.807, 2.05) is 0 Å². The Hall–Kier alpha value is -1.30. The molecule has 0 radical (unpaired) electrons. The van der Waals surface area contributed by atoms with Crippen molar-refractivity contribution in [2.75, 3.05) is 0 Å². The minimum Gasteiger partial charge on any atom is -0.427 e. The topological polar surface area (TPSA) is 9.23 Å². The lowest BCUT2D eigenvalue weighted by Gasteiger charge is -2.41. The number of para-hydroxylation sites is 1. The lowest BCUT2D eigenvalue weighted by Crippen LogP contribution is -2.73. The van der Waals surface area contributed by atoms with E-state index in [2.05, 4.69) is 4.74 Å². The summed E-state index contributed by atoms with van der Waals surface area (Å²) in [4.78, 5) is 0. The summed E-state index contributed by atoms with van der Waals surface area (Å²) in [6.45, 7) is 0. The summed E-state index contributed by atoms with van der Waals surface area (Å²) in [5.74, 6) is -41.8. The lowest BCUT2D eigenvalue weighted by atomic mass is 9.93. The van der Waals surface area contributed by atoms with Gasteiger partial charge in [-0.15, -0.1) is 0 Å². The van der Waals surface area contributed by atoms with E-state index in [0.29, 0.717) is 6.07 Å². The Kier molecular flexibility index (Phi) is 6.58. The van der Waals surface area contributed by atoms with Crippen LogP contribution < -0.4 is 4.74 Å². The Labute approximate surface area is 169 Å². The molecular formula is C13H4F15IO. The van der Waals surface area contributed by atoms with Crippen LogP contribution in [0.25, 0.3) is 0 Å². The van der Waals surface area contributed by atoms with E-state index in [1.54, 1.807) is 0 Å². The number of benzene rings is 1. The van der Waals surface area contributed by atoms with Crippen LogP contribution in [0.5, 0.6) is 5.75 Å². The van der Waals surface area contributed by atoms with E-state index in [0.717, 1.165) is 40.8 Å². The molecule has 174 valence electrons. The highest BCUT2D eigenvalue weighted by molar-refractivity contribution is 14.1. The maximum Gasteiger partial charge on any atom is 0.471 e. The predicted molar refractivity (Wildman–Crippen MR) is 75.5 cm³/mol. The van der Waals surface area contributed by atoms with Crippen molar-refractivity contribution >= 4 is 22.6 Å². The van der Waals surface area contributed by atoms with Crippen molar-refractivity contribution in [1.82, 2.24) is 0 Å². The monoisotopic (exact) mass is 588 g/mol. The highest BCUT2D eigenvalue weighted by Crippen LogP contribution is 2.62. The smallest absolute Gasteiger partial charge is 0.427 e. The van der Waals surface area contributed by atoms with Gasteiger partial charge in [-0.25, -0.2) is 0 Å². The molecule has 1 aromatic carbocycles. The molecular weight excluding hydrogens is 584 g/mol. The Bertz CT molecular complexity index is 770. The summed E-state index contributed by atoms with van der Waals surface area (Å²) >= 11 is 1.11. The minimum atomic E-state index is -8.33. The van der Waals surface area contributed by atoms with Crippen LogP contribution >= 0.6 is 22.6 Å². The fourth-order valence-corrected chi connectivity index (χ4v) is 2.18. The molecule has 1 rings (SSSR count). The van der Waals surface area contributed by atoms with E-state index >= 15 is 0 Å². The minimum absolute atomic E-state index is 0.425. The van der Waals surface area contributed by atoms with Gasteiger partial charge >= 0.3 is 41.9 Å². The maximum absolute atomic E-state index is 13.6. The molecule has 1 aromatic rings. The molecule has 30 heavy (non-hydrogen) atoms. The third-order valence-corrected chi connectivity index (χ3v) is 4.26. The quantitative estimate of drug-likeness (QED) is 0.247. The zero-order valence-corrected chi connectivity index (χ0v) is 15.4. The molecule has 1 nitrogen and oxygen atoms in total. The fourth-order valence-electron chi connectivity index (χ4n) is 1.68. The van der Waals surface area contributed by atoms with Crippen molar-refractivity contribution in [3.05, 3.63) is 27.8 Å². The molecule has 0 saturated carbocycles. The lowest BCUT2D eigenvalue weighted by molar-refractivity contribution is -0.465. The zero-order valence-electron chi connectivity index (χ0n) is 13.3. The number of hydrogen-bond acceptors (Lipinski definition) is 1. The number of alkyl halides is 15. The van der Waals surface area contributed by atoms with Gasteiger partial charge in [0.1, 0.15) is 5.75 Å². The van der Waals surface area contributed by atoms with E-state index in [1.165, 1.54) is 0 Å². The number of rotatable bonds is 7. The van der Waals surface area contributed by atoms with Crippen LogP contribution in [0.1, 0.15) is 0 Å². The van der Waals surface area contributed by atoms with Crippen molar-refractivity contribution in [2.45, 2.75) is 41.9 Å². The van der Waals surface area contributed by atoms with Crippen LogP contribution in [0.15, 0.2) is 24.3 Å². The molecule has 0 bridgehead atoms. The van der Waals surface area contributed by atoms with Gasteiger partial charge in [-0.2, -0.15) is 65.9 Å². The molecule has 0 aliphatic rings. The van der Waals surface area contributed by atoms with E-state index in [-0.39, 0.29) is 0 Å². The average molecular weight is 588 g/mol. The van der Waals surface area contributed by atoms with Gasteiger partial charge in [0.15, 0.2) is 0 Å². The number of halogens is 16. The maximum atomic E-state index is 13.6. The summed E-state index contributed by atoms with van der Waals surface area (Å²) in [6.07, 6.45) is -14.4. The molecule has 0 atom stereocenters. The number of ether oxygens (including phenoxy) is 1. The van der Waals surface area contributed by atoms with Crippen LogP contribution in [0.4, 0.5) is 65.9 Å². The summed E-state index contributed by atoms with van der Waals surface area (Å²) in [5, 5.41) is 0. The highest BCUT2D eigenvalue weighted by atomic mass is 127. The second-order valence-corrected chi connectivity index (χ2v) is 6.58. The van der Waals surface area contributed by atoms with E-state index in [4.69, 9.17) is 0 Å². The van der Waals surface area contributed by atoms with E-state index < -0.39 is 51.2 Å². The van der Waals surface area contributed by atoms with Crippen LogP contribution in [-0.2, 0) is 0 Å². The number of hydrogen-bond donors (Lipinski definition) is 0. The second-order valence-electron chi connectivity index (χ2n) is 5.42. The molecule has 0 fully saturated rings. The summed E-state index contributed by atoms with van der Waals surface area (Å²) in [5.41, 5.74) is 0. The first-order chi connectivity index (χ1) is 13.0. The molecule has 0 aliphatic heterocycles. The van der Waals surface area contributed by atoms with Crippen LogP contribution in [0, 0.1) is 3.57 Å². The molecule has 0 aromatic heterocycles. The van der Waals surface area contributed by atoms with Gasteiger partial charge in [-0.3, -0.25) is 0 Å². The van der Waals surface area contributed by atoms with Gasteiger partial charge in [0, 0.05) is 0 Å². The van der Waals surface area contributed by atoms with Gasteiger partial charge in [0.2, 0.25) is 0 Å². The Balaban J connectivity index is 3.53. The van der Waals surface area contributed by atoms with Gasteiger partial charge < -0.3 is 4.74 Å². The highest BCUT2D eigenvalue weighted by Gasteiger charge is 2.94. The Morgan fingerprint density at radius 2 is 0.900 bits per heavy atom. The molecule has 0 aliphatic carbocycles. The van der Waals surface area contributed by atoms with E-state index in [9.17, 15) is 65.9 Å². The Morgan fingerprint density at radius 1 is 0.533 bits per heavy atom. The SMILES string of the molecule is FC(F)(F)C(F)(F)C(F)(F)C(F)(F)C(F)(F)C(F)(F)C(F)(F)Oc1ccccc1I. The fraction of sp³-hybridized carbons (Fsp3) is 0.538. The van der Waals surface area contributed by atoms with Gasteiger partial charge in [-0.05, 0) is 34.7 Å². The molecule has 0 N–H and O–H groups in total. The van der Waals surface area contributed by atoms with Crippen LogP contribution in [-0.4, -0.2) is 41.9 Å². The van der Waals surface area contributed by atoms with Crippen molar-refractivity contribution in [1.29, 1.82) is 0 Å². The average Bonchev–Trinajstić information content (AvgIpc) is 2.54. The second kappa shape index (κ2) is 7.39. The third kappa shape index (κ3) is 3.74. The molecule has 17 heteroatoms. The molecule has 0 unspecified atom stereocenters. The largest absolute Gasteiger partial charge is 0.471 e. The van der Waals surface area contributed by atoms with Crippen molar-refractivity contribution in [3.63, 3.8) is 0 Å². The van der Waals surface area contributed by atoms with Gasteiger partial charge in [0.05, 0.1) is 3.57 Å². The first-order valence-electron chi connectivity index (χ1n) is 6.76. The first kappa shape index (κ1) is 26.7. The first-order valence-corrected chi connectivity index (χ1v) is 7.84. The van der Waals surface area contributed by atoms with Crippen LogP contribution in [0.2, 0.25) is 0 Å². The van der Waals surface area contributed by atoms with Crippen molar-refractivity contribution in [2.24, 2.45) is 0 Å². The molecule has 0 spiro atoms. The standard InChI is InChI=1S/C13H4F15IO/c14-7(15,8(16,17)10(20,21)12(24,25)26)9(18,19)11(22,23)13(27,28)30-6-4-2-1-3-5(6)29/h1-4H. The van der Waals surface area contributed by atoms with Gasteiger partial charge in [0.25, 0.3) is 0 Å². The van der Waals surface area contributed by atoms with Gasteiger partial charge in [-0.1, -0.05) is 12.1 Å². The van der Waals surface area contributed by atoms with Crippen LogP contribution in [0.3, 0.4) is 0 Å². The zero-order chi connectivity index (χ0) is 24.2.